The largest absolute Gasteiger partial charge is 0.360 e. The van der Waals surface area contributed by atoms with Crippen LogP contribution in [0.15, 0.2) is 36.0 Å². The molecule has 1 aliphatic rings. The molecule has 2 rings (SSSR count). The van der Waals surface area contributed by atoms with Crippen LogP contribution in [0.2, 0.25) is 0 Å². The Bertz CT molecular complexity index is 578. The Labute approximate surface area is 126 Å². The predicted molar refractivity (Wildman–Crippen MR) is 83.5 cm³/mol. The van der Waals surface area contributed by atoms with Gasteiger partial charge in [0, 0.05) is 25.0 Å². The summed E-state index contributed by atoms with van der Waals surface area (Å²) in [5.74, 6) is 0.485. The van der Waals surface area contributed by atoms with Gasteiger partial charge in [0.25, 0.3) is 5.91 Å². The van der Waals surface area contributed by atoms with Crippen molar-refractivity contribution in [1.29, 1.82) is 5.26 Å². The fraction of sp³-hybridized carbons (Fsp3) is 0.412. The number of hydrogen-bond donors (Lipinski definition) is 1. The molecule has 0 spiro atoms. The number of nitrogens with zero attached hydrogens (tertiary/aromatic N) is 2. The van der Waals surface area contributed by atoms with Crippen LogP contribution in [-0.4, -0.2) is 23.9 Å². The maximum atomic E-state index is 12.3. The first-order chi connectivity index (χ1) is 10.1. The second kappa shape index (κ2) is 6.94. The minimum atomic E-state index is -0.176. The number of carbonyl (C=O) groups excluding carboxylic acids is 1. The number of amides is 1. The van der Waals surface area contributed by atoms with Crippen molar-refractivity contribution in [2.45, 2.75) is 26.7 Å². The zero-order chi connectivity index (χ0) is 15.2. The Balaban J connectivity index is 2.03. The lowest BCUT2D eigenvalue weighted by Crippen LogP contribution is -2.38. The van der Waals surface area contributed by atoms with Crippen molar-refractivity contribution in [3.8, 4) is 6.07 Å². The van der Waals surface area contributed by atoms with E-state index < -0.39 is 0 Å². The zero-order valence-electron chi connectivity index (χ0n) is 12.6. The standard InChI is InChI=1S/C17H21N3O/c1-13-6-8-20(9-7-13)17(21)15(11-18)12-19-16-5-3-4-14(2)10-16/h3-5,10,12-13,19H,6-9H2,1-2H3/b15-12-. The van der Waals surface area contributed by atoms with Gasteiger partial charge in [-0.25, -0.2) is 0 Å². The Kier molecular flexibility index (Phi) is 4.99. The minimum absolute atomic E-state index is 0.158. The topological polar surface area (TPSA) is 56.1 Å². The summed E-state index contributed by atoms with van der Waals surface area (Å²) in [5, 5.41) is 12.2. The molecule has 0 unspecified atom stereocenters. The zero-order valence-corrected chi connectivity index (χ0v) is 12.6. The SMILES string of the molecule is Cc1cccc(N/C=C(/C#N)C(=O)N2CCC(C)CC2)c1. The van der Waals surface area contributed by atoms with Crippen LogP contribution in [-0.2, 0) is 4.79 Å². The number of nitriles is 1. The number of benzene rings is 1. The van der Waals surface area contributed by atoms with Gasteiger partial charge in [-0.1, -0.05) is 19.1 Å². The maximum Gasteiger partial charge on any atom is 0.266 e. The second-order valence-corrected chi connectivity index (χ2v) is 5.66. The number of likely N-dealkylation sites (tertiary alicyclic amines) is 1. The van der Waals surface area contributed by atoms with E-state index in [1.54, 1.807) is 4.90 Å². The molecule has 1 fully saturated rings. The van der Waals surface area contributed by atoms with Crippen LogP contribution in [0.25, 0.3) is 0 Å². The van der Waals surface area contributed by atoms with Gasteiger partial charge in [-0.05, 0) is 43.4 Å². The first-order valence-corrected chi connectivity index (χ1v) is 7.33. The van der Waals surface area contributed by atoms with Crippen molar-refractivity contribution in [1.82, 2.24) is 4.90 Å². The van der Waals surface area contributed by atoms with Crippen molar-refractivity contribution in [3.63, 3.8) is 0 Å². The Morgan fingerprint density at radius 3 is 2.76 bits per heavy atom. The van der Waals surface area contributed by atoms with E-state index in [1.165, 1.54) is 6.20 Å². The lowest BCUT2D eigenvalue weighted by Gasteiger charge is -2.30. The lowest BCUT2D eigenvalue weighted by molar-refractivity contribution is -0.128. The van der Waals surface area contributed by atoms with E-state index in [1.807, 2.05) is 37.3 Å². The molecule has 0 radical (unpaired) electrons. The van der Waals surface area contributed by atoms with Gasteiger partial charge in [-0.15, -0.1) is 0 Å². The van der Waals surface area contributed by atoms with Crippen LogP contribution in [0.1, 0.15) is 25.3 Å². The van der Waals surface area contributed by atoms with E-state index in [9.17, 15) is 10.1 Å². The number of carbonyl (C=O) groups is 1. The highest BCUT2D eigenvalue weighted by atomic mass is 16.2. The van der Waals surface area contributed by atoms with E-state index in [4.69, 9.17) is 0 Å². The van der Waals surface area contributed by atoms with Gasteiger partial charge in [-0.3, -0.25) is 4.79 Å². The minimum Gasteiger partial charge on any atom is -0.360 e. The van der Waals surface area contributed by atoms with Gasteiger partial charge in [0.05, 0.1) is 0 Å². The van der Waals surface area contributed by atoms with Gasteiger partial charge >= 0.3 is 0 Å². The van der Waals surface area contributed by atoms with Crippen molar-refractivity contribution < 1.29 is 4.79 Å². The number of nitrogens with one attached hydrogen (secondary N) is 1. The molecule has 0 atom stereocenters. The Morgan fingerprint density at radius 1 is 1.43 bits per heavy atom. The van der Waals surface area contributed by atoms with E-state index in [2.05, 4.69) is 12.2 Å². The molecule has 4 heteroatoms. The number of hydrogen-bond acceptors (Lipinski definition) is 3. The van der Waals surface area contributed by atoms with Crippen molar-refractivity contribution in [2.75, 3.05) is 18.4 Å². The monoisotopic (exact) mass is 283 g/mol. The summed E-state index contributed by atoms with van der Waals surface area (Å²) in [7, 11) is 0. The average molecular weight is 283 g/mol. The number of rotatable bonds is 3. The van der Waals surface area contributed by atoms with E-state index in [-0.39, 0.29) is 11.5 Å². The fourth-order valence-corrected chi connectivity index (χ4v) is 2.41. The van der Waals surface area contributed by atoms with Crippen LogP contribution in [0.5, 0.6) is 0 Å². The summed E-state index contributed by atoms with van der Waals surface area (Å²) >= 11 is 0. The Morgan fingerprint density at radius 2 is 2.14 bits per heavy atom. The van der Waals surface area contributed by atoms with Crippen LogP contribution in [0.4, 0.5) is 5.69 Å². The molecule has 1 heterocycles. The summed E-state index contributed by atoms with van der Waals surface area (Å²) in [6.45, 7) is 5.68. The summed E-state index contributed by atoms with van der Waals surface area (Å²) in [6.07, 6.45) is 3.53. The van der Waals surface area contributed by atoms with E-state index in [0.717, 1.165) is 37.2 Å². The highest BCUT2D eigenvalue weighted by Gasteiger charge is 2.22. The summed E-state index contributed by atoms with van der Waals surface area (Å²) in [6, 6.07) is 9.82. The first-order valence-electron chi connectivity index (χ1n) is 7.33. The molecule has 1 aromatic rings. The van der Waals surface area contributed by atoms with Crippen LogP contribution < -0.4 is 5.32 Å². The summed E-state index contributed by atoms with van der Waals surface area (Å²) < 4.78 is 0. The summed E-state index contributed by atoms with van der Waals surface area (Å²) in [4.78, 5) is 14.1. The highest BCUT2D eigenvalue weighted by Crippen LogP contribution is 2.18. The van der Waals surface area contributed by atoms with Gasteiger partial charge < -0.3 is 10.2 Å². The van der Waals surface area contributed by atoms with Gasteiger partial charge in [0.1, 0.15) is 11.6 Å². The second-order valence-electron chi connectivity index (χ2n) is 5.66. The molecule has 0 bridgehead atoms. The van der Waals surface area contributed by atoms with E-state index in [0.29, 0.717) is 5.92 Å². The van der Waals surface area contributed by atoms with E-state index >= 15 is 0 Å². The van der Waals surface area contributed by atoms with Crippen LogP contribution in [0.3, 0.4) is 0 Å². The lowest BCUT2D eigenvalue weighted by atomic mass is 9.99. The van der Waals surface area contributed by atoms with Gasteiger partial charge in [0.2, 0.25) is 0 Å². The normalized spacial score (nSPS) is 16.4. The molecule has 0 aliphatic carbocycles. The summed E-state index contributed by atoms with van der Waals surface area (Å²) in [5.41, 5.74) is 2.16. The smallest absolute Gasteiger partial charge is 0.266 e. The first kappa shape index (κ1) is 15.1. The predicted octanol–water partition coefficient (Wildman–Crippen LogP) is 3.07. The quantitative estimate of drug-likeness (QED) is 0.685. The van der Waals surface area contributed by atoms with Crippen LogP contribution in [0, 0.1) is 24.2 Å². The van der Waals surface area contributed by atoms with Crippen molar-refractivity contribution in [3.05, 3.63) is 41.6 Å². The molecular weight excluding hydrogens is 262 g/mol. The molecule has 1 N–H and O–H groups in total. The third-order valence-electron chi connectivity index (χ3n) is 3.82. The number of aryl methyl sites for hydroxylation is 1. The van der Waals surface area contributed by atoms with Crippen LogP contribution >= 0.6 is 0 Å². The molecule has 4 nitrogen and oxygen atoms in total. The highest BCUT2D eigenvalue weighted by molar-refractivity contribution is 5.97. The molecule has 0 saturated carbocycles. The molecule has 1 amide bonds. The number of piperidine rings is 1. The molecule has 21 heavy (non-hydrogen) atoms. The third-order valence-corrected chi connectivity index (χ3v) is 3.82. The molecule has 1 saturated heterocycles. The fourth-order valence-electron chi connectivity index (χ4n) is 2.41. The average Bonchev–Trinajstić information content (AvgIpc) is 2.48. The van der Waals surface area contributed by atoms with Crippen molar-refractivity contribution in [2.24, 2.45) is 5.92 Å². The molecule has 1 aliphatic heterocycles. The Hall–Kier alpha value is -2.28. The molecule has 0 aromatic heterocycles. The van der Waals surface area contributed by atoms with Crippen molar-refractivity contribution >= 4 is 11.6 Å². The van der Waals surface area contributed by atoms with Gasteiger partial charge in [0.15, 0.2) is 0 Å². The van der Waals surface area contributed by atoms with Gasteiger partial charge in [-0.2, -0.15) is 5.26 Å². The molecule has 1 aromatic carbocycles. The number of anilines is 1. The third kappa shape index (κ3) is 4.09. The molecular formula is C17H21N3O. The molecule has 110 valence electrons. The maximum absolute atomic E-state index is 12.3.